The molecular weight excluding hydrogens is 357 g/mol. The number of aromatic nitrogens is 1. The topological polar surface area (TPSA) is 45.4 Å². The van der Waals surface area contributed by atoms with E-state index in [1.807, 2.05) is 0 Å². The minimum Gasteiger partial charge on any atom is -0.494 e. The van der Waals surface area contributed by atoms with E-state index in [9.17, 15) is 10.2 Å². The van der Waals surface area contributed by atoms with Gasteiger partial charge in [-0.15, -0.1) is 0 Å². The highest BCUT2D eigenvalue weighted by molar-refractivity contribution is 6.37. The van der Waals surface area contributed by atoms with E-state index in [0.29, 0.717) is 51.2 Å². The van der Waals surface area contributed by atoms with Gasteiger partial charge in [0, 0.05) is 11.1 Å². The lowest BCUT2D eigenvalue weighted by Gasteiger charge is -2.31. The Morgan fingerprint density at radius 1 is 0.840 bits per heavy atom. The molecule has 0 spiro atoms. The van der Waals surface area contributed by atoms with Crippen LogP contribution in [0, 0.1) is 23.7 Å². The number of para-hydroxylation sites is 1. The minimum absolute atomic E-state index is 0.111. The van der Waals surface area contributed by atoms with Crippen LogP contribution in [0.15, 0.2) is 30.4 Å². The molecule has 6 atom stereocenters. The van der Waals surface area contributed by atoms with Crippen molar-refractivity contribution in [3.05, 3.63) is 51.5 Å². The van der Waals surface area contributed by atoms with Gasteiger partial charge in [0.05, 0.1) is 15.7 Å². The van der Waals surface area contributed by atoms with Crippen molar-refractivity contribution >= 4 is 23.2 Å². The maximum atomic E-state index is 11.0. The molecule has 0 saturated heterocycles. The molecule has 25 heavy (non-hydrogen) atoms. The molecule has 2 saturated carbocycles. The second-order valence-corrected chi connectivity index (χ2v) is 8.75. The summed E-state index contributed by atoms with van der Waals surface area (Å²) in [4.78, 5) is 0. The Morgan fingerprint density at radius 3 is 1.88 bits per heavy atom. The predicted octanol–water partition coefficient (Wildman–Crippen LogP) is 5.22. The Morgan fingerprint density at radius 2 is 1.36 bits per heavy atom. The molecule has 1 aromatic heterocycles. The van der Waals surface area contributed by atoms with Crippen LogP contribution in [-0.4, -0.2) is 14.8 Å². The fourth-order valence-electron chi connectivity index (χ4n) is 6.47. The number of aromatic hydroxyl groups is 2. The van der Waals surface area contributed by atoms with Gasteiger partial charge in [-0.1, -0.05) is 41.4 Å². The number of halogens is 2. The first-order valence-corrected chi connectivity index (χ1v) is 9.62. The van der Waals surface area contributed by atoms with Crippen LogP contribution in [0.5, 0.6) is 11.8 Å². The van der Waals surface area contributed by atoms with Crippen molar-refractivity contribution < 1.29 is 10.2 Å². The van der Waals surface area contributed by atoms with Crippen LogP contribution in [-0.2, 0) is 0 Å². The van der Waals surface area contributed by atoms with Gasteiger partial charge in [0.15, 0.2) is 0 Å². The van der Waals surface area contributed by atoms with Crippen LogP contribution in [0.3, 0.4) is 0 Å². The highest BCUT2D eigenvalue weighted by atomic mass is 35.5. The Bertz CT molecular complexity index is 895. The molecule has 2 fully saturated rings. The second kappa shape index (κ2) is 4.57. The van der Waals surface area contributed by atoms with Crippen molar-refractivity contribution in [2.24, 2.45) is 23.7 Å². The summed E-state index contributed by atoms with van der Waals surface area (Å²) in [6.45, 7) is 0. The molecule has 0 radical (unpaired) electrons. The zero-order chi connectivity index (χ0) is 17.0. The van der Waals surface area contributed by atoms with Crippen LogP contribution in [0.2, 0.25) is 10.0 Å². The average Bonchev–Trinajstić information content (AvgIpc) is 3.35. The third-order valence-electron chi connectivity index (χ3n) is 7.12. The second-order valence-electron chi connectivity index (χ2n) is 7.93. The molecule has 1 heterocycles. The first kappa shape index (κ1) is 14.6. The lowest BCUT2D eigenvalue weighted by molar-refractivity contribution is 0.298. The number of nitrogens with zero attached hydrogens (tertiary/aromatic N) is 1. The van der Waals surface area contributed by atoms with E-state index in [1.165, 1.54) is 11.0 Å². The summed E-state index contributed by atoms with van der Waals surface area (Å²) in [6.07, 6.45) is 7.02. The van der Waals surface area contributed by atoms with Gasteiger partial charge in [0.1, 0.15) is 0 Å². The van der Waals surface area contributed by atoms with E-state index in [0.717, 1.165) is 17.5 Å². The maximum Gasteiger partial charge on any atom is 0.202 e. The third-order valence-corrected chi connectivity index (χ3v) is 7.73. The molecule has 4 aliphatic carbocycles. The zero-order valence-corrected chi connectivity index (χ0v) is 14.9. The van der Waals surface area contributed by atoms with Crippen LogP contribution >= 0.6 is 23.2 Å². The minimum atomic E-state index is 0.111. The summed E-state index contributed by atoms with van der Waals surface area (Å²) in [5.74, 6) is 3.36. The average molecular weight is 374 g/mol. The summed E-state index contributed by atoms with van der Waals surface area (Å²) in [5, 5.41) is 22.9. The number of benzene rings is 1. The number of hydrogen-bond donors (Lipinski definition) is 2. The van der Waals surface area contributed by atoms with Crippen molar-refractivity contribution in [2.45, 2.75) is 24.7 Å². The molecule has 6 unspecified atom stereocenters. The molecule has 2 aromatic rings. The summed E-state index contributed by atoms with van der Waals surface area (Å²) >= 11 is 12.7. The molecule has 0 amide bonds. The number of hydrogen-bond acceptors (Lipinski definition) is 2. The SMILES string of the molecule is Oc1c2c(c(O)n1-c1c(Cl)cccc1Cl)C1CC2C2C3C=CC(C3)C12. The molecular formula is C20H17Cl2NO2. The van der Waals surface area contributed by atoms with Crippen LogP contribution < -0.4 is 0 Å². The number of fused-ring (bicyclic) bond motifs is 12. The van der Waals surface area contributed by atoms with Crippen molar-refractivity contribution in [1.82, 2.24) is 4.57 Å². The number of allylic oxidation sites excluding steroid dienone is 2. The largest absolute Gasteiger partial charge is 0.494 e. The van der Waals surface area contributed by atoms with E-state index in [1.54, 1.807) is 18.2 Å². The van der Waals surface area contributed by atoms with Gasteiger partial charge in [-0.25, -0.2) is 4.57 Å². The van der Waals surface area contributed by atoms with Gasteiger partial charge >= 0.3 is 0 Å². The van der Waals surface area contributed by atoms with Crippen molar-refractivity contribution in [3.8, 4) is 17.4 Å². The van der Waals surface area contributed by atoms with Crippen molar-refractivity contribution in [2.75, 3.05) is 0 Å². The molecule has 5 heteroatoms. The lowest BCUT2D eigenvalue weighted by Crippen LogP contribution is -2.24. The van der Waals surface area contributed by atoms with E-state index in [2.05, 4.69) is 12.2 Å². The zero-order valence-electron chi connectivity index (χ0n) is 13.4. The fraction of sp³-hybridized carbons (Fsp3) is 0.400. The third kappa shape index (κ3) is 1.56. The Hall–Kier alpha value is -1.58. The molecule has 128 valence electrons. The van der Waals surface area contributed by atoms with Gasteiger partial charge < -0.3 is 10.2 Å². The summed E-state index contributed by atoms with van der Waals surface area (Å²) in [7, 11) is 0. The van der Waals surface area contributed by atoms with Gasteiger partial charge in [0.2, 0.25) is 11.8 Å². The van der Waals surface area contributed by atoms with Gasteiger partial charge in [-0.2, -0.15) is 0 Å². The van der Waals surface area contributed by atoms with E-state index < -0.39 is 0 Å². The van der Waals surface area contributed by atoms with Crippen LogP contribution in [0.25, 0.3) is 5.69 Å². The van der Waals surface area contributed by atoms with E-state index in [-0.39, 0.29) is 11.8 Å². The van der Waals surface area contributed by atoms with E-state index in [4.69, 9.17) is 23.2 Å². The predicted molar refractivity (Wildman–Crippen MR) is 96.9 cm³/mol. The Balaban J connectivity index is 1.58. The van der Waals surface area contributed by atoms with Gasteiger partial charge in [0.25, 0.3) is 0 Å². The first-order valence-electron chi connectivity index (χ1n) is 8.87. The van der Waals surface area contributed by atoms with Crippen LogP contribution in [0.4, 0.5) is 0 Å². The Labute approximate surface area is 155 Å². The normalized spacial score (nSPS) is 36.2. The molecule has 4 bridgehead atoms. The quantitative estimate of drug-likeness (QED) is 0.531. The van der Waals surface area contributed by atoms with E-state index >= 15 is 0 Å². The van der Waals surface area contributed by atoms with Crippen LogP contribution in [0.1, 0.15) is 35.8 Å². The first-order chi connectivity index (χ1) is 12.1. The molecule has 3 nitrogen and oxygen atoms in total. The van der Waals surface area contributed by atoms with Crippen molar-refractivity contribution in [1.29, 1.82) is 0 Å². The summed E-state index contributed by atoms with van der Waals surface area (Å²) in [5.41, 5.74) is 2.32. The molecule has 6 rings (SSSR count). The molecule has 2 N–H and O–H groups in total. The number of rotatable bonds is 1. The lowest BCUT2D eigenvalue weighted by atomic mass is 9.72. The van der Waals surface area contributed by atoms with Gasteiger partial charge in [-0.05, 0) is 60.5 Å². The smallest absolute Gasteiger partial charge is 0.202 e. The van der Waals surface area contributed by atoms with Gasteiger partial charge in [-0.3, -0.25) is 0 Å². The molecule has 1 aromatic carbocycles. The Kier molecular flexibility index (Phi) is 2.67. The molecule has 0 aliphatic heterocycles. The highest BCUT2D eigenvalue weighted by Gasteiger charge is 2.62. The van der Waals surface area contributed by atoms with Crippen molar-refractivity contribution in [3.63, 3.8) is 0 Å². The summed E-state index contributed by atoms with van der Waals surface area (Å²) < 4.78 is 1.45. The maximum absolute atomic E-state index is 11.0. The molecule has 4 aliphatic rings. The highest BCUT2D eigenvalue weighted by Crippen LogP contribution is 2.72. The monoisotopic (exact) mass is 373 g/mol. The standard InChI is InChI=1S/C20H17Cl2NO2/c21-12-2-1-3-13(22)18(12)23-19(24)16-10-7-11(17(16)20(23)25)15-9-5-4-8(6-9)14(10)15/h1-5,8-11,14-15,24-25H,6-7H2. The fourth-order valence-corrected chi connectivity index (χ4v) is 7.03. The summed E-state index contributed by atoms with van der Waals surface area (Å²) in [6, 6.07) is 5.21.